The third-order valence-corrected chi connectivity index (χ3v) is 4.04. The van der Waals surface area contributed by atoms with Crippen LogP contribution in [0.1, 0.15) is 30.7 Å². The van der Waals surface area contributed by atoms with Crippen molar-refractivity contribution in [1.82, 2.24) is 9.88 Å². The van der Waals surface area contributed by atoms with Crippen molar-refractivity contribution in [3.05, 3.63) is 35.0 Å². The highest BCUT2D eigenvalue weighted by Crippen LogP contribution is 2.29. The maximum Gasteiger partial charge on any atom is 0.0483 e. The van der Waals surface area contributed by atoms with Crippen molar-refractivity contribution in [2.45, 2.75) is 39.3 Å². The molecule has 17 heavy (non-hydrogen) atoms. The predicted molar refractivity (Wildman–Crippen MR) is 72.3 cm³/mol. The third kappa shape index (κ3) is 1.59. The lowest BCUT2D eigenvalue weighted by Gasteiger charge is -2.21. The molecule has 90 valence electrons. The van der Waals surface area contributed by atoms with Crippen LogP contribution in [0.5, 0.6) is 0 Å². The van der Waals surface area contributed by atoms with Gasteiger partial charge in [0, 0.05) is 36.2 Å². The van der Waals surface area contributed by atoms with E-state index in [9.17, 15) is 0 Å². The van der Waals surface area contributed by atoms with E-state index in [0.717, 1.165) is 19.4 Å². The molecular formula is C15H20N2. The summed E-state index contributed by atoms with van der Waals surface area (Å²) in [7, 11) is 2.18. The molecule has 2 aromatic rings. The van der Waals surface area contributed by atoms with E-state index in [0.29, 0.717) is 6.04 Å². The van der Waals surface area contributed by atoms with Gasteiger partial charge in [-0.2, -0.15) is 0 Å². The van der Waals surface area contributed by atoms with Gasteiger partial charge in [0.1, 0.15) is 0 Å². The minimum atomic E-state index is 0.596. The Labute approximate surface area is 103 Å². The molecule has 0 radical (unpaired) electrons. The standard InChI is InChI=1S/C15H20N2/c1-4-11-5-6-14-13(8-11)12-7-10(2)16-9-15(12)17(14)3/h5-6,8,10,16H,4,7,9H2,1-3H3. The van der Waals surface area contributed by atoms with Crippen molar-refractivity contribution in [3.63, 3.8) is 0 Å². The van der Waals surface area contributed by atoms with E-state index in [-0.39, 0.29) is 0 Å². The number of fused-ring (bicyclic) bond motifs is 3. The van der Waals surface area contributed by atoms with Gasteiger partial charge in [0.2, 0.25) is 0 Å². The first kappa shape index (κ1) is 10.8. The van der Waals surface area contributed by atoms with E-state index in [1.807, 2.05) is 0 Å². The van der Waals surface area contributed by atoms with Crippen LogP contribution in [-0.4, -0.2) is 10.6 Å². The van der Waals surface area contributed by atoms with E-state index >= 15 is 0 Å². The van der Waals surface area contributed by atoms with E-state index < -0.39 is 0 Å². The lowest BCUT2D eigenvalue weighted by Crippen LogP contribution is -2.33. The normalized spacial score (nSPS) is 19.6. The van der Waals surface area contributed by atoms with Gasteiger partial charge in [0.05, 0.1) is 0 Å². The van der Waals surface area contributed by atoms with Gasteiger partial charge in [0.15, 0.2) is 0 Å². The molecule has 1 aliphatic rings. The summed E-state index contributed by atoms with van der Waals surface area (Å²) in [6, 6.07) is 7.51. The number of aryl methyl sites for hydroxylation is 2. The van der Waals surface area contributed by atoms with Crippen molar-refractivity contribution in [1.29, 1.82) is 0 Å². The number of nitrogens with one attached hydrogen (secondary N) is 1. The van der Waals surface area contributed by atoms with Crippen molar-refractivity contribution in [2.24, 2.45) is 7.05 Å². The topological polar surface area (TPSA) is 17.0 Å². The minimum Gasteiger partial charge on any atom is -0.346 e. The van der Waals surface area contributed by atoms with Crippen LogP contribution in [0.3, 0.4) is 0 Å². The maximum absolute atomic E-state index is 3.55. The van der Waals surface area contributed by atoms with Crippen LogP contribution in [-0.2, 0) is 26.4 Å². The molecule has 1 aromatic heterocycles. The highest BCUT2D eigenvalue weighted by molar-refractivity contribution is 5.86. The second-order valence-corrected chi connectivity index (χ2v) is 5.18. The second kappa shape index (κ2) is 3.88. The SMILES string of the molecule is CCc1ccc2c(c1)c1c(n2C)CNC(C)C1. The van der Waals surface area contributed by atoms with E-state index in [4.69, 9.17) is 0 Å². The number of hydrogen-bond donors (Lipinski definition) is 1. The van der Waals surface area contributed by atoms with E-state index in [1.165, 1.54) is 22.2 Å². The molecule has 1 unspecified atom stereocenters. The van der Waals surface area contributed by atoms with Crippen LogP contribution in [0.4, 0.5) is 0 Å². The zero-order valence-electron chi connectivity index (χ0n) is 10.9. The number of aromatic nitrogens is 1. The molecule has 2 heterocycles. The number of hydrogen-bond acceptors (Lipinski definition) is 1. The van der Waals surface area contributed by atoms with Gasteiger partial charge in [-0.05, 0) is 43.0 Å². The lowest BCUT2D eigenvalue weighted by molar-refractivity contribution is 0.501. The monoisotopic (exact) mass is 228 g/mol. The Balaban J connectivity index is 2.27. The molecule has 1 N–H and O–H groups in total. The summed E-state index contributed by atoms with van der Waals surface area (Å²) in [6.45, 7) is 5.50. The molecule has 0 amide bonds. The summed E-state index contributed by atoms with van der Waals surface area (Å²) >= 11 is 0. The molecule has 2 heteroatoms. The molecule has 1 aromatic carbocycles. The molecular weight excluding hydrogens is 208 g/mol. The van der Waals surface area contributed by atoms with Gasteiger partial charge in [-0.3, -0.25) is 0 Å². The summed E-state index contributed by atoms with van der Waals surface area (Å²) in [5.74, 6) is 0. The molecule has 0 aliphatic carbocycles. The average molecular weight is 228 g/mol. The second-order valence-electron chi connectivity index (χ2n) is 5.18. The Morgan fingerprint density at radius 3 is 3.00 bits per heavy atom. The maximum atomic E-state index is 3.55. The van der Waals surface area contributed by atoms with E-state index in [1.54, 1.807) is 5.56 Å². The number of nitrogens with zero attached hydrogens (tertiary/aromatic N) is 1. The van der Waals surface area contributed by atoms with Gasteiger partial charge in [-0.1, -0.05) is 13.0 Å². The molecule has 0 fully saturated rings. The first-order chi connectivity index (χ1) is 8.20. The first-order valence-corrected chi connectivity index (χ1v) is 6.53. The summed E-state index contributed by atoms with van der Waals surface area (Å²) < 4.78 is 2.35. The molecule has 0 spiro atoms. The Morgan fingerprint density at radius 2 is 2.24 bits per heavy atom. The Kier molecular flexibility index (Phi) is 2.48. The largest absolute Gasteiger partial charge is 0.346 e. The van der Waals surface area contributed by atoms with E-state index in [2.05, 4.69) is 49.0 Å². The fourth-order valence-corrected chi connectivity index (χ4v) is 2.94. The fraction of sp³-hybridized carbons (Fsp3) is 0.467. The molecule has 1 atom stereocenters. The van der Waals surface area contributed by atoms with Crippen molar-refractivity contribution < 1.29 is 0 Å². The van der Waals surface area contributed by atoms with Crippen LogP contribution in [0.25, 0.3) is 10.9 Å². The van der Waals surface area contributed by atoms with Gasteiger partial charge in [-0.15, -0.1) is 0 Å². The van der Waals surface area contributed by atoms with Gasteiger partial charge in [-0.25, -0.2) is 0 Å². The van der Waals surface area contributed by atoms with Crippen molar-refractivity contribution in [3.8, 4) is 0 Å². The Morgan fingerprint density at radius 1 is 1.41 bits per heavy atom. The number of benzene rings is 1. The summed E-state index contributed by atoms with van der Waals surface area (Å²) in [6.07, 6.45) is 2.27. The zero-order valence-corrected chi connectivity index (χ0v) is 10.9. The lowest BCUT2D eigenvalue weighted by atomic mass is 9.98. The molecule has 3 rings (SSSR count). The molecule has 2 nitrogen and oxygen atoms in total. The van der Waals surface area contributed by atoms with Crippen LogP contribution in [0.15, 0.2) is 18.2 Å². The average Bonchev–Trinajstić information content (AvgIpc) is 2.62. The van der Waals surface area contributed by atoms with Crippen molar-refractivity contribution in [2.75, 3.05) is 0 Å². The van der Waals surface area contributed by atoms with Crippen LogP contribution in [0, 0.1) is 0 Å². The fourth-order valence-electron chi connectivity index (χ4n) is 2.94. The minimum absolute atomic E-state index is 0.596. The van der Waals surface area contributed by atoms with Crippen molar-refractivity contribution >= 4 is 10.9 Å². The molecule has 0 saturated carbocycles. The van der Waals surface area contributed by atoms with Gasteiger partial charge in [0.25, 0.3) is 0 Å². The number of rotatable bonds is 1. The Hall–Kier alpha value is -1.28. The smallest absolute Gasteiger partial charge is 0.0483 e. The summed E-state index contributed by atoms with van der Waals surface area (Å²) in [4.78, 5) is 0. The Bertz CT molecular complexity index is 566. The summed E-state index contributed by atoms with van der Waals surface area (Å²) in [5, 5.41) is 5.02. The highest BCUT2D eigenvalue weighted by atomic mass is 15.0. The van der Waals surface area contributed by atoms with Crippen LogP contribution in [0.2, 0.25) is 0 Å². The first-order valence-electron chi connectivity index (χ1n) is 6.53. The molecule has 1 aliphatic heterocycles. The predicted octanol–water partition coefficient (Wildman–Crippen LogP) is 2.77. The molecule has 0 saturated heterocycles. The van der Waals surface area contributed by atoms with Gasteiger partial charge >= 0.3 is 0 Å². The van der Waals surface area contributed by atoms with Crippen LogP contribution < -0.4 is 5.32 Å². The third-order valence-electron chi connectivity index (χ3n) is 4.04. The zero-order chi connectivity index (χ0) is 12.0. The summed E-state index contributed by atoms with van der Waals surface area (Å²) in [5.41, 5.74) is 5.84. The van der Waals surface area contributed by atoms with Crippen LogP contribution >= 0.6 is 0 Å². The molecule has 0 bridgehead atoms. The quantitative estimate of drug-likeness (QED) is 0.794. The van der Waals surface area contributed by atoms with Gasteiger partial charge < -0.3 is 9.88 Å². The highest BCUT2D eigenvalue weighted by Gasteiger charge is 2.21.